The van der Waals surface area contributed by atoms with Crippen LogP contribution in [0.15, 0.2) is 11.1 Å². The topological polar surface area (TPSA) is 20.2 Å². The fourth-order valence-electron chi connectivity index (χ4n) is 6.16. The van der Waals surface area contributed by atoms with E-state index in [1.807, 2.05) is 11.1 Å². The quantitative estimate of drug-likeness (QED) is 0.638. The van der Waals surface area contributed by atoms with Gasteiger partial charge in [0.05, 0.1) is 6.10 Å². The molecule has 5 atom stereocenters. The molecule has 0 radical (unpaired) electrons. The summed E-state index contributed by atoms with van der Waals surface area (Å²) in [6.45, 7) is 2.39. The van der Waals surface area contributed by atoms with Crippen LogP contribution in [0.2, 0.25) is 0 Å². The van der Waals surface area contributed by atoms with Crippen LogP contribution in [-0.2, 0) is 0 Å². The first-order valence-electron chi connectivity index (χ1n) is 8.59. The predicted molar refractivity (Wildman–Crippen MR) is 77.8 cm³/mol. The van der Waals surface area contributed by atoms with Gasteiger partial charge in [-0.2, -0.15) is 0 Å². The van der Waals surface area contributed by atoms with E-state index in [4.69, 9.17) is 0 Å². The van der Waals surface area contributed by atoms with Crippen LogP contribution in [0.1, 0.15) is 71.1 Å². The fourth-order valence-corrected chi connectivity index (χ4v) is 6.16. The third-order valence-electron chi connectivity index (χ3n) is 7.24. The maximum atomic E-state index is 10.4. The summed E-state index contributed by atoms with van der Waals surface area (Å²) < 4.78 is 0. The zero-order valence-electron chi connectivity index (χ0n) is 12.3. The molecule has 0 spiro atoms. The number of fused-ring (bicyclic) bond motifs is 4. The zero-order valence-corrected chi connectivity index (χ0v) is 12.3. The van der Waals surface area contributed by atoms with E-state index in [1.165, 1.54) is 57.8 Å². The van der Waals surface area contributed by atoms with E-state index in [-0.39, 0.29) is 11.5 Å². The van der Waals surface area contributed by atoms with Gasteiger partial charge in [0.25, 0.3) is 0 Å². The molecule has 2 saturated carbocycles. The van der Waals surface area contributed by atoms with E-state index in [0.717, 1.165) is 24.2 Å². The van der Waals surface area contributed by atoms with Gasteiger partial charge >= 0.3 is 0 Å². The van der Waals surface area contributed by atoms with Crippen molar-refractivity contribution in [3.05, 3.63) is 11.1 Å². The number of aliphatic hydroxyl groups is 1. The molecule has 0 aromatic rings. The molecule has 0 aromatic heterocycles. The molecule has 0 aromatic carbocycles. The van der Waals surface area contributed by atoms with E-state index in [2.05, 4.69) is 6.92 Å². The molecule has 0 unspecified atom stereocenters. The zero-order chi connectivity index (χ0) is 13.0. The fraction of sp³-hybridized carbons (Fsp3) is 0.889. The Morgan fingerprint density at radius 2 is 1.84 bits per heavy atom. The Hall–Kier alpha value is -0.300. The highest BCUT2D eigenvalue weighted by molar-refractivity contribution is 5.26. The van der Waals surface area contributed by atoms with Crippen LogP contribution in [0, 0.1) is 23.2 Å². The molecular weight excluding hydrogens is 232 g/mol. The molecule has 1 N–H and O–H groups in total. The molecule has 1 nitrogen and oxygen atoms in total. The molecule has 4 aliphatic carbocycles. The number of rotatable bonds is 0. The SMILES string of the molecule is C[C@]12CC[C@@H]3C4=C(CCCC4)CC[C@H]3[C@@H]1CC[C@H]2O. The summed E-state index contributed by atoms with van der Waals surface area (Å²) in [5, 5.41) is 10.4. The maximum Gasteiger partial charge on any atom is 0.0596 e. The van der Waals surface area contributed by atoms with E-state index in [1.54, 1.807) is 0 Å². The van der Waals surface area contributed by atoms with Crippen LogP contribution in [0.4, 0.5) is 0 Å². The van der Waals surface area contributed by atoms with Crippen molar-refractivity contribution >= 4 is 0 Å². The third kappa shape index (κ3) is 1.70. The lowest BCUT2D eigenvalue weighted by molar-refractivity contribution is -0.0316. The van der Waals surface area contributed by atoms with Crippen molar-refractivity contribution in [3.8, 4) is 0 Å². The van der Waals surface area contributed by atoms with Gasteiger partial charge in [0.2, 0.25) is 0 Å². The van der Waals surface area contributed by atoms with Gasteiger partial charge in [-0.1, -0.05) is 18.1 Å². The van der Waals surface area contributed by atoms with Gasteiger partial charge < -0.3 is 5.11 Å². The van der Waals surface area contributed by atoms with Gasteiger partial charge in [-0.15, -0.1) is 0 Å². The van der Waals surface area contributed by atoms with Crippen LogP contribution in [-0.4, -0.2) is 11.2 Å². The number of allylic oxidation sites excluding steroid dienone is 2. The second-order valence-corrected chi connectivity index (χ2v) is 7.89. The van der Waals surface area contributed by atoms with Crippen LogP contribution in [0.25, 0.3) is 0 Å². The molecule has 4 rings (SSSR count). The molecule has 0 amide bonds. The molecule has 0 aliphatic heterocycles. The minimum Gasteiger partial charge on any atom is -0.393 e. The van der Waals surface area contributed by atoms with Crippen LogP contribution < -0.4 is 0 Å². The first-order valence-corrected chi connectivity index (χ1v) is 8.59. The number of hydrogen-bond acceptors (Lipinski definition) is 1. The normalized spacial score (nSPS) is 49.6. The average molecular weight is 260 g/mol. The summed E-state index contributed by atoms with van der Waals surface area (Å²) in [4.78, 5) is 0. The van der Waals surface area contributed by atoms with Gasteiger partial charge in [0.1, 0.15) is 0 Å². The molecule has 0 bridgehead atoms. The molecule has 0 saturated heterocycles. The van der Waals surface area contributed by atoms with Crippen molar-refractivity contribution in [3.63, 3.8) is 0 Å². The maximum absolute atomic E-state index is 10.4. The van der Waals surface area contributed by atoms with Crippen molar-refractivity contribution in [2.24, 2.45) is 23.2 Å². The summed E-state index contributed by atoms with van der Waals surface area (Å²) in [6, 6.07) is 0. The lowest BCUT2D eigenvalue weighted by Gasteiger charge is -2.51. The van der Waals surface area contributed by atoms with Gasteiger partial charge in [0.15, 0.2) is 0 Å². The van der Waals surface area contributed by atoms with Crippen LogP contribution in [0.5, 0.6) is 0 Å². The van der Waals surface area contributed by atoms with Gasteiger partial charge in [-0.25, -0.2) is 0 Å². The summed E-state index contributed by atoms with van der Waals surface area (Å²) in [5.74, 6) is 2.64. The second-order valence-electron chi connectivity index (χ2n) is 7.89. The Kier molecular flexibility index (Phi) is 2.85. The van der Waals surface area contributed by atoms with Gasteiger partial charge in [-0.3, -0.25) is 0 Å². The highest BCUT2D eigenvalue weighted by atomic mass is 16.3. The molecule has 19 heavy (non-hydrogen) atoms. The Morgan fingerprint density at radius 3 is 2.74 bits per heavy atom. The summed E-state index contributed by atoms with van der Waals surface area (Å²) in [5.41, 5.74) is 4.01. The van der Waals surface area contributed by atoms with E-state index >= 15 is 0 Å². The van der Waals surface area contributed by atoms with Crippen molar-refractivity contribution < 1.29 is 5.11 Å². The molecule has 1 heteroatoms. The van der Waals surface area contributed by atoms with Crippen molar-refractivity contribution in [1.82, 2.24) is 0 Å². The summed E-state index contributed by atoms with van der Waals surface area (Å²) in [6.07, 6.45) is 13.5. The largest absolute Gasteiger partial charge is 0.393 e. The average Bonchev–Trinajstić information content (AvgIpc) is 2.75. The summed E-state index contributed by atoms with van der Waals surface area (Å²) in [7, 11) is 0. The number of hydrogen-bond donors (Lipinski definition) is 1. The van der Waals surface area contributed by atoms with E-state index < -0.39 is 0 Å². The number of aliphatic hydroxyl groups excluding tert-OH is 1. The molecule has 2 fully saturated rings. The molecule has 106 valence electrons. The highest BCUT2D eigenvalue weighted by Crippen LogP contribution is 2.61. The second kappa shape index (κ2) is 4.35. The Morgan fingerprint density at radius 1 is 1.00 bits per heavy atom. The summed E-state index contributed by atoms with van der Waals surface area (Å²) >= 11 is 0. The Labute approximate surface area is 117 Å². The van der Waals surface area contributed by atoms with E-state index in [9.17, 15) is 5.11 Å². The smallest absolute Gasteiger partial charge is 0.0596 e. The van der Waals surface area contributed by atoms with E-state index in [0.29, 0.717) is 0 Å². The van der Waals surface area contributed by atoms with Crippen LogP contribution in [0.3, 0.4) is 0 Å². The van der Waals surface area contributed by atoms with Crippen molar-refractivity contribution in [1.29, 1.82) is 0 Å². The molecule has 0 heterocycles. The Bertz CT molecular complexity index is 410. The van der Waals surface area contributed by atoms with Crippen LogP contribution >= 0.6 is 0 Å². The highest BCUT2D eigenvalue weighted by Gasteiger charge is 2.54. The monoisotopic (exact) mass is 260 g/mol. The predicted octanol–water partition coefficient (Wildman–Crippen LogP) is 4.45. The van der Waals surface area contributed by atoms with Crippen molar-refractivity contribution in [2.45, 2.75) is 77.2 Å². The first kappa shape index (κ1) is 12.4. The van der Waals surface area contributed by atoms with Gasteiger partial charge in [-0.05, 0) is 87.4 Å². The Balaban J connectivity index is 1.66. The van der Waals surface area contributed by atoms with Crippen molar-refractivity contribution in [2.75, 3.05) is 0 Å². The molecule has 4 aliphatic rings. The first-order chi connectivity index (χ1) is 9.20. The third-order valence-corrected chi connectivity index (χ3v) is 7.24. The standard InChI is InChI=1S/C18H28O/c1-18-11-10-14-13-5-3-2-4-12(13)6-7-15(14)16(18)8-9-17(18)19/h14-17,19H,2-11H2,1H3/t14-,15-,16+,17-,18+/m1/s1. The van der Waals surface area contributed by atoms with Gasteiger partial charge in [0, 0.05) is 0 Å². The minimum absolute atomic E-state index is 0.0137. The lowest BCUT2D eigenvalue weighted by Crippen LogP contribution is -2.45. The molecular formula is C18H28O. The lowest BCUT2D eigenvalue weighted by atomic mass is 9.54. The minimum atomic E-state index is -0.0137.